The summed E-state index contributed by atoms with van der Waals surface area (Å²) in [5.41, 5.74) is -0.956. The predicted octanol–water partition coefficient (Wildman–Crippen LogP) is 0.581. The standard InChI is InChI=1S/C21H33N5O4/c1-20(2,3)17(19(29)25-10-14(27)8-15(25)18(28)22-4)26-11-16(23-24-26)21(30)9-12-5-6-13(21)7-12/h11-15,17,27,30H,5-10H2,1-4H3,(H,22,28). The molecule has 2 heterocycles. The zero-order valence-corrected chi connectivity index (χ0v) is 18.2. The van der Waals surface area contributed by atoms with Crippen LogP contribution in [0, 0.1) is 17.3 Å². The molecule has 6 unspecified atom stereocenters. The predicted molar refractivity (Wildman–Crippen MR) is 108 cm³/mol. The summed E-state index contributed by atoms with van der Waals surface area (Å²) in [6.07, 6.45) is 5.05. The van der Waals surface area contributed by atoms with Gasteiger partial charge in [-0.1, -0.05) is 26.0 Å². The number of carbonyl (C=O) groups is 2. The minimum absolute atomic E-state index is 0.110. The molecule has 3 aliphatic rings. The lowest BCUT2D eigenvalue weighted by Gasteiger charge is -2.34. The summed E-state index contributed by atoms with van der Waals surface area (Å²) in [7, 11) is 1.52. The normalized spacial score (nSPS) is 34.4. The molecule has 1 aromatic heterocycles. The molecule has 1 aromatic rings. The molecular weight excluding hydrogens is 386 g/mol. The van der Waals surface area contributed by atoms with Gasteiger partial charge in [0, 0.05) is 20.0 Å². The van der Waals surface area contributed by atoms with Crippen LogP contribution < -0.4 is 5.32 Å². The molecule has 2 saturated carbocycles. The number of aliphatic hydroxyl groups excluding tert-OH is 1. The molecule has 1 aliphatic heterocycles. The van der Waals surface area contributed by atoms with Crippen LogP contribution in [0.2, 0.25) is 0 Å². The average molecular weight is 420 g/mol. The Hall–Kier alpha value is -2.00. The first kappa shape index (κ1) is 21.2. The highest BCUT2D eigenvalue weighted by atomic mass is 16.3. The largest absolute Gasteiger partial charge is 0.391 e. The van der Waals surface area contributed by atoms with Crippen molar-refractivity contribution >= 4 is 11.8 Å². The van der Waals surface area contributed by atoms with E-state index in [1.165, 1.54) is 16.6 Å². The number of nitrogens with one attached hydrogen (secondary N) is 1. The second-order valence-electron chi connectivity index (χ2n) is 10.4. The highest BCUT2D eigenvalue weighted by Crippen LogP contribution is 2.55. The number of carbonyl (C=O) groups excluding carboxylic acids is 2. The highest BCUT2D eigenvalue weighted by molar-refractivity contribution is 5.90. The van der Waals surface area contributed by atoms with E-state index >= 15 is 0 Å². The number of likely N-dealkylation sites (N-methyl/N-ethyl adjacent to an activating group) is 1. The van der Waals surface area contributed by atoms with Crippen LogP contribution in [-0.4, -0.2) is 67.7 Å². The van der Waals surface area contributed by atoms with Crippen LogP contribution in [0.3, 0.4) is 0 Å². The summed E-state index contributed by atoms with van der Waals surface area (Å²) in [6.45, 7) is 5.92. The number of β-amino-alcohol motifs (C(OH)–C–C–N with tert-alkyl or cyclic N) is 1. The van der Waals surface area contributed by atoms with Crippen molar-refractivity contribution in [3.63, 3.8) is 0 Å². The fourth-order valence-electron chi connectivity index (χ4n) is 5.73. The molecule has 1 saturated heterocycles. The summed E-state index contributed by atoms with van der Waals surface area (Å²) in [6, 6.07) is -1.42. The fourth-order valence-corrected chi connectivity index (χ4v) is 5.73. The Morgan fingerprint density at radius 2 is 2.03 bits per heavy atom. The van der Waals surface area contributed by atoms with Crippen molar-refractivity contribution in [2.45, 2.75) is 76.7 Å². The van der Waals surface area contributed by atoms with Crippen LogP contribution in [0.5, 0.6) is 0 Å². The number of hydrogen-bond acceptors (Lipinski definition) is 6. The maximum absolute atomic E-state index is 13.6. The number of rotatable bonds is 4. The second kappa shape index (κ2) is 7.30. The van der Waals surface area contributed by atoms with E-state index in [2.05, 4.69) is 15.6 Å². The number of fused-ring (bicyclic) bond motifs is 2. The Morgan fingerprint density at radius 1 is 1.30 bits per heavy atom. The number of aromatic nitrogens is 3. The van der Waals surface area contributed by atoms with E-state index in [0.29, 0.717) is 18.0 Å². The highest BCUT2D eigenvalue weighted by Gasteiger charge is 2.53. The topological polar surface area (TPSA) is 121 Å². The van der Waals surface area contributed by atoms with E-state index in [-0.39, 0.29) is 30.7 Å². The van der Waals surface area contributed by atoms with E-state index in [4.69, 9.17) is 0 Å². The zero-order chi connectivity index (χ0) is 21.8. The number of nitrogens with zero attached hydrogens (tertiary/aromatic N) is 4. The lowest BCUT2D eigenvalue weighted by atomic mass is 9.82. The van der Waals surface area contributed by atoms with Gasteiger partial charge in [-0.3, -0.25) is 9.59 Å². The van der Waals surface area contributed by atoms with Crippen LogP contribution in [-0.2, 0) is 15.2 Å². The van der Waals surface area contributed by atoms with Crippen LogP contribution >= 0.6 is 0 Å². The molecule has 0 spiro atoms. The number of likely N-dealkylation sites (tertiary alicyclic amines) is 1. The third kappa shape index (κ3) is 3.41. The van der Waals surface area contributed by atoms with Gasteiger partial charge in [-0.15, -0.1) is 5.10 Å². The van der Waals surface area contributed by atoms with E-state index in [9.17, 15) is 19.8 Å². The fraction of sp³-hybridized carbons (Fsp3) is 0.810. The van der Waals surface area contributed by atoms with Crippen molar-refractivity contribution in [3.05, 3.63) is 11.9 Å². The lowest BCUT2D eigenvalue weighted by Crippen LogP contribution is -2.49. The molecule has 6 atom stereocenters. The number of hydrogen-bond donors (Lipinski definition) is 3. The van der Waals surface area contributed by atoms with Gasteiger partial charge in [0.2, 0.25) is 11.8 Å². The molecule has 2 bridgehead atoms. The van der Waals surface area contributed by atoms with Gasteiger partial charge in [-0.25, -0.2) is 4.68 Å². The van der Waals surface area contributed by atoms with Gasteiger partial charge in [0.25, 0.3) is 0 Å². The molecular formula is C21H33N5O4. The molecule has 2 amide bonds. The molecule has 9 heteroatoms. The molecule has 166 valence electrons. The summed E-state index contributed by atoms with van der Waals surface area (Å²) in [5, 5.41) is 32.5. The van der Waals surface area contributed by atoms with Crippen LogP contribution in [0.25, 0.3) is 0 Å². The van der Waals surface area contributed by atoms with Crippen molar-refractivity contribution < 1.29 is 19.8 Å². The Morgan fingerprint density at radius 3 is 2.60 bits per heavy atom. The molecule has 0 radical (unpaired) electrons. The van der Waals surface area contributed by atoms with Gasteiger partial charge in [-0.2, -0.15) is 0 Å². The van der Waals surface area contributed by atoms with Gasteiger partial charge >= 0.3 is 0 Å². The summed E-state index contributed by atoms with van der Waals surface area (Å²) in [4.78, 5) is 27.3. The van der Waals surface area contributed by atoms with Gasteiger partial charge in [0.15, 0.2) is 0 Å². The van der Waals surface area contributed by atoms with Crippen molar-refractivity contribution in [3.8, 4) is 0 Å². The Bertz CT molecular complexity index is 834. The Labute approximate surface area is 176 Å². The van der Waals surface area contributed by atoms with Gasteiger partial charge in [0.05, 0.1) is 12.3 Å². The monoisotopic (exact) mass is 419 g/mol. The van der Waals surface area contributed by atoms with Gasteiger partial charge in [-0.05, 0) is 42.9 Å². The van der Waals surface area contributed by atoms with Crippen LogP contribution in [0.1, 0.15) is 64.6 Å². The quantitative estimate of drug-likeness (QED) is 0.657. The summed E-state index contributed by atoms with van der Waals surface area (Å²) >= 11 is 0. The SMILES string of the molecule is CNC(=O)C1CC(O)CN1C(=O)C(n1cc(C2(O)CC3CCC2C3)nn1)C(C)(C)C. The first-order valence-electron chi connectivity index (χ1n) is 10.9. The Balaban J connectivity index is 1.64. The van der Waals surface area contributed by atoms with E-state index in [1.54, 1.807) is 6.20 Å². The molecule has 0 aromatic carbocycles. The zero-order valence-electron chi connectivity index (χ0n) is 18.2. The lowest BCUT2D eigenvalue weighted by molar-refractivity contribution is -0.144. The molecule has 3 N–H and O–H groups in total. The van der Waals surface area contributed by atoms with Crippen molar-refractivity contribution in [1.29, 1.82) is 0 Å². The molecule has 30 heavy (non-hydrogen) atoms. The third-order valence-electron chi connectivity index (χ3n) is 7.20. The number of aliphatic hydroxyl groups is 2. The van der Waals surface area contributed by atoms with E-state index in [0.717, 1.165) is 19.3 Å². The second-order valence-corrected chi connectivity index (χ2v) is 10.4. The minimum atomic E-state index is -0.971. The van der Waals surface area contributed by atoms with Crippen molar-refractivity contribution in [1.82, 2.24) is 25.2 Å². The summed E-state index contributed by atoms with van der Waals surface area (Å²) in [5.74, 6) is 0.166. The van der Waals surface area contributed by atoms with Crippen molar-refractivity contribution in [2.24, 2.45) is 17.3 Å². The van der Waals surface area contributed by atoms with Crippen LogP contribution in [0.15, 0.2) is 6.20 Å². The molecule has 9 nitrogen and oxygen atoms in total. The van der Waals surface area contributed by atoms with Crippen LogP contribution in [0.4, 0.5) is 0 Å². The van der Waals surface area contributed by atoms with E-state index < -0.39 is 29.2 Å². The Kier molecular flexibility index (Phi) is 5.17. The smallest absolute Gasteiger partial charge is 0.248 e. The molecule has 4 rings (SSSR count). The maximum atomic E-state index is 13.6. The van der Waals surface area contributed by atoms with Gasteiger partial charge in [0.1, 0.15) is 23.4 Å². The van der Waals surface area contributed by atoms with Crippen molar-refractivity contribution in [2.75, 3.05) is 13.6 Å². The first-order chi connectivity index (χ1) is 14.0. The average Bonchev–Trinajstić information content (AvgIpc) is 3.43. The summed E-state index contributed by atoms with van der Waals surface area (Å²) < 4.78 is 1.53. The number of amides is 2. The van der Waals surface area contributed by atoms with Gasteiger partial charge < -0.3 is 20.4 Å². The minimum Gasteiger partial charge on any atom is -0.391 e. The first-order valence-corrected chi connectivity index (χ1v) is 10.9. The third-order valence-corrected chi connectivity index (χ3v) is 7.20. The molecule has 3 fully saturated rings. The van der Waals surface area contributed by atoms with E-state index in [1.807, 2.05) is 20.8 Å². The molecule has 2 aliphatic carbocycles. The maximum Gasteiger partial charge on any atom is 0.248 e.